The van der Waals surface area contributed by atoms with E-state index in [2.05, 4.69) is 4.98 Å². The highest BCUT2D eigenvalue weighted by Gasteiger charge is 2.26. The van der Waals surface area contributed by atoms with Crippen molar-refractivity contribution in [2.24, 2.45) is 0 Å². The second kappa shape index (κ2) is 5.48. The van der Waals surface area contributed by atoms with Crippen molar-refractivity contribution in [3.05, 3.63) is 11.6 Å². The molecular formula is C9H16BNO2S. The highest BCUT2D eigenvalue weighted by Crippen LogP contribution is 2.02. The number of nitrogens with zero attached hydrogens (tertiary/aromatic N) is 1. The first-order valence-corrected chi connectivity index (χ1v) is 5.68. The van der Waals surface area contributed by atoms with Crippen LogP contribution in [0.1, 0.15) is 27.7 Å². The second-order valence-corrected chi connectivity index (χ2v) is 4.50. The topological polar surface area (TPSA) is 31.4 Å². The summed E-state index contributed by atoms with van der Waals surface area (Å²) in [5.74, 6) is 0. The monoisotopic (exact) mass is 213 g/mol. The zero-order chi connectivity index (χ0) is 10.6. The molecule has 0 spiro atoms. The van der Waals surface area contributed by atoms with Gasteiger partial charge in [0, 0.05) is 23.8 Å². The summed E-state index contributed by atoms with van der Waals surface area (Å²) in [6.07, 6.45) is 2.05. The lowest BCUT2D eigenvalue weighted by molar-refractivity contribution is 0.139. The smallest absolute Gasteiger partial charge is 0.404 e. The van der Waals surface area contributed by atoms with E-state index < -0.39 is 0 Å². The lowest BCUT2D eigenvalue weighted by Crippen LogP contribution is -2.40. The second-order valence-electron chi connectivity index (χ2n) is 3.57. The fraction of sp³-hybridized carbons (Fsp3) is 0.667. The highest BCUT2D eigenvalue weighted by molar-refractivity contribution is 7.20. The summed E-state index contributed by atoms with van der Waals surface area (Å²) in [6, 6.07) is 0. The van der Waals surface area contributed by atoms with Gasteiger partial charge in [0.2, 0.25) is 0 Å². The Kier molecular flexibility index (Phi) is 4.58. The molecule has 3 nitrogen and oxygen atoms in total. The third kappa shape index (κ3) is 3.78. The maximum Gasteiger partial charge on any atom is 0.524 e. The molecule has 1 rings (SSSR count). The van der Waals surface area contributed by atoms with Gasteiger partial charge in [-0.1, -0.05) is 0 Å². The molecule has 0 N–H and O–H groups in total. The van der Waals surface area contributed by atoms with Crippen molar-refractivity contribution in [3.8, 4) is 0 Å². The number of hydrogen-bond acceptors (Lipinski definition) is 4. The molecule has 0 amide bonds. The van der Waals surface area contributed by atoms with Crippen molar-refractivity contribution in [1.82, 2.24) is 4.98 Å². The van der Waals surface area contributed by atoms with E-state index in [9.17, 15) is 0 Å². The van der Waals surface area contributed by atoms with Crippen molar-refractivity contribution in [2.75, 3.05) is 0 Å². The van der Waals surface area contributed by atoms with Crippen LogP contribution in [0.3, 0.4) is 0 Å². The molecule has 0 unspecified atom stereocenters. The Hall–Kier alpha value is -0.385. The molecule has 0 radical (unpaired) electrons. The number of rotatable bonds is 5. The third-order valence-corrected chi connectivity index (χ3v) is 2.24. The van der Waals surface area contributed by atoms with Crippen LogP contribution in [-0.2, 0) is 9.31 Å². The number of hydrogen-bond donors (Lipinski definition) is 0. The summed E-state index contributed by atoms with van der Waals surface area (Å²) in [5, 5.41) is 1.93. The van der Waals surface area contributed by atoms with Gasteiger partial charge >= 0.3 is 7.12 Å². The van der Waals surface area contributed by atoms with E-state index in [4.69, 9.17) is 9.31 Å². The largest absolute Gasteiger partial charge is 0.524 e. The summed E-state index contributed by atoms with van der Waals surface area (Å²) in [7, 11) is -0.324. The average Bonchev–Trinajstić information content (AvgIpc) is 2.52. The third-order valence-electron chi connectivity index (χ3n) is 1.44. The fourth-order valence-electron chi connectivity index (χ4n) is 0.994. The summed E-state index contributed by atoms with van der Waals surface area (Å²) < 4.78 is 11.3. The van der Waals surface area contributed by atoms with Crippen LogP contribution in [0.4, 0.5) is 0 Å². The first kappa shape index (κ1) is 11.7. The molecule has 0 saturated heterocycles. The van der Waals surface area contributed by atoms with Crippen molar-refractivity contribution in [3.63, 3.8) is 0 Å². The van der Waals surface area contributed by atoms with Crippen molar-refractivity contribution >= 4 is 23.4 Å². The summed E-state index contributed by atoms with van der Waals surface area (Å²) in [5.41, 5.74) is 0. The molecule has 0 fully saturated rings. The standard InChI is InChI=1S/C9H16BNO2S/c1-7(2)12-10(13-8(3)4)9-11-5-6-14-9/h5-8H,1-4H3. The van der Waals surface area contributed by atoms with Crippen molar-refractivity contribution < 1.29 is 9.31 Å². The minimum Gasteiger partial charge on any atom is -0.404 e. The fourth-order valence-corrected chi connectivity index (χ4v) is 1.60. The Morgan fingerprint density at radius 1 is 1.21 bits per heavy atom. The van der Waals surface area contributed by atoms with E-state index in [1.54, 1.807) is 17.5 Å². The van der Waals surface area contributed by atoms with E-state index in [1.807, 2.05) is 33.1 Å². The maximum absolute atomic E-state index is 5.63. The lowest BCUT2D eigenvalue weighted by Gasteiger charge is -2.17. The normalized spacial score (nSPS) is 11.3. The minimum atomic E-state index is -0.324. The number of thiazole rings is 1. The quantitative estimate of drug-likeness (QED) is 0.697. The molecule has 0 aliphatic carbocycles. The van der Waals surface area contributed by atoms with Crippen LogP contribution in [0.2, 0.25) is 0 Å². The SMILES string of the molecule is CC(C)OB(OC(C)C)c1nccs1. The van der Waals surface area contributed by atoms with Gasteiger partial charge < -0.3 is 9.31 Å². The Labute approximate surface area is 89.6 Å². The number of aromatic nitrogens is 1. The molecule has 78 valence electrons. The van der Waals surface area contributed by atoms with Gasteiger partial charge in [0.05, 0.1) is 0 Å². The molecule has 1 heterocycles. The predicted molar refractivity (Wildman–Crippen MR) is 59.9 cm³/mol. The molecule has 0 aliphatic heterocycles. The van der Waals surface area contributed by atoms with Gasteiger partial charge in [-0.3, -0.25) is 4.98 Å². The molecular weight excluding hydrogens is 197 g/mol. The van der Waals surface area contributed by atoms with Gasteiger partial charge in [0.1, 0.15) is 4.91 Å². The molecule has 1 aromatic heterocycles. The minimum absolute atomic E-state index is 0.141. The molecule has 0 aliphatic rings. The predicted octanol–water partition coefficient (Wildman–Crippen LogP) is 1.69. The molecule has 0 atom stereocenters. The highest BCUT2D eigenvalue weighted by atomic mass is 32.1. The Bertz CT molecular complexity index is 241. The molecule has 0 saturated carbocycles. The van der Waals surface area contributed by atoms with Crippen LogP contribution < -0.4 is 4.91 Å². The van der Waals surface area contributed by atoms with Crippen LogP contribution in [0.15, 0.2) is 11.6 Å². The summed E-state index contributed by atoms with van der Waals surface area (Å²) in [6.45, 7) is 7.96. The summed E-state index contributed by atoms with van der Waals surface area (Å²) in [4.78, 5) is 5.07. The van der Waals surface area contributed by atoms with Crippen molar-refractivity contribution in [1.29, 1.82) is 0 Å². The molecule has 5 heteroatoms. The van der Waals surface area contributed by atoms with Gasteiger partial charge in [-0.05, 0) is 27.7 Å². The Morgan fingerprint density at radius 2 is 1.79 bits per heavy atom. The van der Waals surface area contributed by atoms with E-state index in [0.717, 1.165) is 4.91 Å². The first-order chi connectivity index (χ1) is 6.59. The first-order valence-electron chi connectivity index (χ1n) is 4.80. The van der Waals surface area contributed by atoms with Gasteiger partial charge in [-0.2, -0.15) is 0 Å². The van der Waals surface area contributed by atoms with Crippen molar-refractivity contribution in [2.45, 2.75) is 39.9 Å². The molecule has 14 heavy (non-hydrogen) atoms. The maximum atomic E-state index is 5.63. The van der Waals surface area contributed by atoms with Crippen LogP contribution >= 0.6 is 11.3 Å². The van der Waals surface area contributed by atoms with Gasteiger partial charge in [-0.25, -0.2) is 0 Å². The molecule has 0 bridgehead atoms. The van der Waals surface area contributed by atoms with E-state index in [-0.39, 0.29) is 19.3 Å². The zero-order valence-electron chi connectivity index (χ0n) is 9.06. The van der Waals surface area contributed by atoms with Gasteiger partial charge in [-0.15, -0.1) is 11.3 Å². The van der Waals surface area contributed by atoms with Gasteiger partial charge in [0.25, 0.3) is 0 Å². The lowest BCUT2D eigenvalue weighted by atomic mass is 9.90. The Morgan fingerprint density at radius 3 is 2.14 bits per heavy atom. The molecule has 1 aromatic rings. The van der Waals surface area contributed by atoms with E-state index >= 15 is 0 Å². The zero-order valence-corrected chi connectivity index (χ0v) is 9.88. The van der Waals surface area contributed by atoms with Gasteiger partial charge in [0.15, 0.2) is 0 Å². The summed E-state index contributed by atoms with van der Waals surface area (Å²) >= 11 is 1.55. The van der Waals surface area contributed by atoms with Crippen LogP contribution in [0.5, 0.6) is 0 Å². The van der Waals surface area contributed by atoms with Crippen LogP contribution in [-0.4, -0.2) is 24.3 Å². The average molecular weight is 213 g/mol. The Balaban J connectivity index is 2.62. The van der Waals surface area contributed by atoms with E-state index in [0.29, 0.717) is 0 Å². The molecule has 0 aromatic carbocycles. The van der Waals surface area contributed by atoms with Crippen LogP contribution in [0.25, 0.3) is 0 Å². The van der Waals surface area contributed by atoms with E-state index in [1.165, 1.54) is 0 Å². The van der Waals surface area contributed by atoms with Crippen LogP contribution in [0, 0.1) is 0 Å².